The van der Waals surface area contributed by atoms with E-state index in [1.165, 1.54) is 0 Å². The Bertz CT molecular complexity index is 515. The summed E-state index contributed by atoms with van der Waals surface area (Å²) in [5.41, 5.74) is 0.891. The molecule has 0 aliphatic carbocycles. The van der Waals surface area contributed by atoms with Crippen LogP contribution in [0.3, 0.4) is 0 Å². The monoisotopic (exact) mass is 301 g/mol. The summed E-state index contributed by atoms with van der Waals surface area (Å²) in [6.45, 7) is 2.17. The lowest BCUT2D eigenvalue weighted by molar-refractivity contribution is 0.139. The van der Waals surface area contributed by atoms with Crippen molar-refractivity contribution in [3.8, 4) is 0 Å². The number of amides is 1. The van der Waals surface area contributed by atoms with Crippen molar-refractivity contribution in [3.05, 3.63) is 35.9 Å². The number of carbonyl (C=O) groups is 1. The summed E-state index contributed by atoms with van der Waals surface area (Å²) in [7, 11) is -3.96. The maximum atomic E-state index is 11.4. The molecular formula is C13H19NO5S. The van der Waals surface area contributed by atoms with E-state index in [9.17, 15) is 13.2 Å². The van der Waals surface area contributed by atoms with Crippen LogP contribution >= 0.6 is 0 Å². The number of rotatable bonds is 7. The lowest BCUT2D eigenvalue weighted by Crippen LogP contribution is -2.27. The Labute approximate surface area is 118 Å². The number of hydrogen-bond donors (Lipinski definition) is 2. The first kappa shape index (κ1) is 16.5. The number of nitrogens with one attached hydrogen (secondary N) is 1. The van der Waals surface area contributed by atoms with Crippen molar-refractivity contribution in [1.82, 2.24) is 5.32 Å². The van der Waals surface area contributed by atoms with Crippen molar-refractivity contribution in [2.45, 2.75) is 20.0 Å². The smallest absolute Gasteiger partial charge is 0.407 e. The second-order valence-electron chi connectivity index (χ2n) is 4.63. The second kappa shape index (κ2) is 7.86. The molecule has 20 heavy (non-hydrogen) atoms. The van der Waals surface area contributed by atoms with Gasteiger partial charge in [0.2, 0.25) is 0 Å². The number of carbonyl (C=O) groups excluding carboxylic acids is 1. The van der Waals surface area contributed by atoms with Crippen LogP contribution in [0.25, 0.3) is 0 Å². The molecule has 112 valence electrons. The average Bonchev–Trinajstić information content (AvgIpc) is 2.35. The molecule has 0 saturated heterocycles. The fraction of sp³-hybridized carbons (Fsp3) is 0.462. The van der Waals surface area contributed by atoms with E-state index in [1.54, 1.807) is 6.92 Å². The molecule has 0 radical (unpaired) electrons. The van der Waals surface area contributed by atoms with Crippen LogP contribution in [0.5, 0.6) is 0 Å². The van der Waals surface area contributed by atoms with Gasteiger partial charge in [-0.05, 0) is 17.9 Å². The van der Waals surface area contributed by atoms with Gasteiger partial charge in [0.15, 0.2) is 0 Å². The second-order valence-corrected chi connectivity index (χ2v) is 6.13. The van der Waals surface area contributed by atoms with Gasteiger partial charge in [0.05, 0.1) is 5.75 Å². The predicted octanol–water partition coefficient (Wildman–Crippen LogP) is 1.83. The lowest BCUT2D eigenvalue weighted by Gasteiger charge is -2.10. The highest BCUT2D eigenvalue weighted by molar-refractivity contribution is 7.85. The van der Waals surface area contributed by atoms with Gasteiger partial charge < -0.3 is 10.1 Å². The van der Waals surface area contributed by atoms with Gasteiger partial charge in [-0.2, -0.15) is 8.42 Å². The van der Waals surface area contributed by atoms with Crippen molar-refractivity contribution in [3.63, 3.8) is 0 Å². The number of benzene rings is 1. The average molecular weight is 301 g/mol. The van der Waals surface area contributed by atoms with Crippen LogP contribution in [-0.2, 0) is 21.5 Å². The van der Waals surface area contributed by atoms with Crippen LogP contribution < -0.4 is 5.32 Å². The lowest BCUT2D eigenvalue weighted by atomic mass is 10.1. The number of alkyl carbamates (subject to hydrolysis) is 1. The highest BCUT2D eigenvalue weighted by atomic mass is 32.2. The van der Waals surface area contributed by atoms with E-state index in [0.717, 1.165) is 5.56 Å². The Kier molecular flexibility index (Phi) is 6.47. The van der Waals surface area contributed by atoms with Crippen LogP contribution in [0.1, 0.15) is 18.9 Å². The first-order valence-electron chi connectivity index (χ1n) is 6.26. The number of ether oxygens (including phenoxy) is 1. The molecule has 0 bridgehead atoms. The molecule has 1 atom stereocenters. The molecule has 0 aromatic heterocycles. The van der Waals surface area contributed by atoms with E-state index < -0.39 is 16.2 Å². The van der Waals surface area contributed by atoms with Crippen LogP contribution in [0.15, 0.2) is 30.3 Å². The van der Waals surface area contributed by atoms with Gasteiger partial charge in [0, 0.05) is 6.54 Å². The molecule has 0 unspecified atom stereocenters. The summed E-state index contributed by atoms with van der Waals surface area (Å²) in [6, 6.07) is 9.28. The SMILES string of the molecule is C[C@@H](CCNC(=O)OCc1ccccc1)CS(=O)(=O)O. The highest BCUT2D eigenvalue weighted by Gasteiger charge is 2.12. The Balaban J connectivity index is 2.17. The van der Waals surface area contributed by atoms with Crippen LogP contribution in [0.2, 0.25) is 0 Å². The van der Waals surface area contributed by atoms with Crippen LogP contribution in [-0.4, -0.2) is 31.4 Å². The standard InChI is InChI=1S/C13H19NO5S/c1-11(10-20(16,17)18)7-8-14-13(15)19-9-12-5-3-2-4-6-12/h2-6,11H,7-10H2,1H3,(H,14,15)(H,16,17,18)/t11-/m0/s1. The van der Waals surface area contributed by atoms with E-state index >= 15 is 0 Å². The molecule has 2 N–H and O–H groups in total. The number of hydrogen-bond acceptors (Lipinski definition) is 4. The van der Waals surface area contributed by atoms with Gasteiger partial charge >= 0.3 is 6.09 Å². The minimum absolute atomic E-state index is 0.188. The molecule has 0 heterocycles. The molecule has 0 aliphatic rings. The molecule has 0 fully saturated rings. The Hall–Kier alpha value is -1.60. The zero-order chi connectivity index (χ0) is 15.0. The molecule has 0 aliphatic heterocycles. The summed E-state index contributed by atoms with van der Waals surface area (Å²) < 4.78 is 34.9. The van der Waals surface area contributed by atoms with Crippen LogP contribution in [0, 0.1) is 5.92 Å². The van der Waals surface area contributed by atoms with Gasteiger partial charge in [-0.1, -0.05) is 37.3 Å². The van der Waals surface area contributed by atoms with Crippen molar-refractivity contribution < 1.29 is 22.5 Å². The zero-order valence-electron chi connectivity index (χ0n) is 11.3. The molecule has 1 rings (SSSR count). The summed E-state index contributed by atoms with van der Waals surface area (Å²) in [4.78, 5) is 11.4. The van der Waals surface area contributed by atoms with Crippen molar-refractivity contribution in [1.29, 1.82) is 0 Å². The summed E-state index contributed by atoms with van der Waals surface area (Å²) in [5, 5.41) is 2.53. The highest BCUT2D eigenvalue weighted by Crippen LogP contribution is 2.04. The molecule has 0 spiro atoms. The molecule has 6 nitrogen and oxygen atoms in total. The first-order valence-corrected chi connectivity index (χ1v) is 7.87. The minimum atomic E-state index is -3.96. The van der Waals surface area contributed by atoms with E-state index in [4.69, 9.17) is 9.29 Å². The molecule has 0 saturated carbocycles. The normalized spacial score (nSPS) is 12.7. The first-order chi connectivity index (χ1) is 9.37. The van der Waals surface area contributed by atoms with Crippen molar-refractivity contribution >= 4 is 16.2 Å². The van der Waals surface area contributed by atoms with Gasteiger partial charge in [-0.15, -0.1) is 0 Å². The predicted molar refractivity (Wildman–Crippen MR) is 74.8 cm³/mol. The van der Waals surface area contributed by atoms with E-state index in [2.05, 4.69) is 5.32 Å². The zero-order valence-corrected chi connectivity index (χ0v) is 12.1. The maximum Gasteiger partial charge on any atom is 0.407 e. The molecule has 1 aromatic rings. The Morgan fingerprint density at radius 2 is 2.00 bits per heavy atom. The topological polar surface area (TPSA) is 92.7 Å². The van der Waals surface area contributed by atoms with Crippen LogP contribution in [0.4, 0.5) is 4.79 Å². The summed E-state index contributed by atoms with van der Waals surface area (Å²) >= 11 is 0. The quantitative estimate of drug-likeness (QED) is 0.749. The molecular weight excluding hydrogens is 282 g/mol. The van der Waals surface area contributed by atoms with Crippen molar-refractivity contribution in [2.24, 2.45) is 5.92 Å². The third-order valence-corrected chi connectivity index (χ3v) is 3.60. The Morgan fingerprint density at radius 1 is 1.35 bits per heavy atom. The third kappa shape index (κ3) is 7.75. The van der Waals surface area contributed by atoms with Gasteiger partial charge in [-0.25, -0.2) is 4.79 Å². The summed E-state index contributed by atoms with van der Waals surface area (Å²) in [6.07, 6.45) is -0.104. The summed E-state index contributed by atoms with van der Waals surface area (Å²) in [5.74, 6) is -0.548. The van der Waals surface area contributed by atoms with Crippen molar-refractivity contribution in [2.75, 3.05) is 12.3 Å². The van der Waals surface area contributed by atoms with Gasteiger partial charge in [0.25, 0.3) is 10.1 Å². The third-order valence-electron chi connectivity index (χ3n) is 2.61. The van der Waals surface area contributed by atoms with E-state index in [-0.39, 0.29) is 18.3 Å². The van der Waals surface area contributed by atoms with Gasteiger partial charge in [0.1, 0.15) is 6.61 Å². The molecule has 1 amide bonds. The van der Waals surface area contributed by atoms with E-state index in [0.29, 0.717) is 13.0 Å². The maximum absolute atomic E-state index is 11.4. The molecule has 1 aromatic carbocycles. The fourth-order valence-electron chi connectivity index (χ4n) is 1.64. The largest absolute Gasteiger partial charge is 0.445 e. The van der Waals surface area contributed by atoms with Gasteiger partial charge in [-0.3, -0.25) is 4.55 Å². The van der Waals surface area contributed by atoms with E-state index in [1.807, 2.05) is 30.3 Å². The fourth-order valence-corrected chi connectivity index (χ4v) is 2.52. The Morgan fingerprint density at radius 3 is 2.60 bits per heavy atom. The minimum Gasteiger partial charge on any atom is -0.445 e. The molecule has 7 heteroatoms.